The third kappa shape index (κ3) is 5.84. The summed E-state index contributed by atoms with van der Waals surface area (Å²) in [5, 5.41) is 2.72. The lowest BCUT2D eigenvalue weighted by atomic mass is 9.99. The molecule has 0 fully saturated rings. The number of sulfone groups is 1. The number of carbonyl (C=O) groups is 1. The second kappa shape index (κ2) is 9.25. The molecule has 8 heteroatoms. The van der Waals surface area contributed by atoms with Crippen molar-refractivity contribution in [3.05, 3.63) is 70.8 Å². The van der Waals surface area contributed by atoms with Gasteiger partial charge in [-0.15, -0.1) is 0 Å². The van der Waals surface area contributed by atoms with Crippen LogP contribution in [0.5, 0.6) is 0 Å². The van der Waals surface area contributed by atoms with Gasteiger partial charge in [0, 0.05) is 18.2 Å². The number of carbonyl (C=O) groups excluding carboxylic acids is 1. The molecule has 0 heterocycles. The first-order valence-corrected chi connectivity index (χ1v) is 10.5. The van der Waals surface area contributed by atoms with Crippen molar-refractivity contribution in [1.29, 1.82) is 0 Å². The van der Waals surface area contributed by atoms with Crippen LogP contribution in [0.3, 0.4) is 0 Å². The van der Waals surface area contributed by atoms with Crippen LogP contribution in [-0.4, -0.2) is 26.6 Å². The fourth-order valence-corrected chi connectivity index (χ4v) is 3.38. The van der Waals surface area contributed by atoms with Gasteiger partial charge in [0.2, 0.25) is 9.84 Å². The molecule has 1 atom stereocenters. The lowest BCUT2D eigenvalue weighted by molar-refractivity contribution is 0.0951. The van der Waals surface area contributed by atoms with Crippen LogP contribution in [0.2, 0.25) is 0 Å². The summed E-state index contributed by atoms with van der Waals surface area (Å²) in [5.74, 6) is -4.16. The molecule has 2 aromatic rings. The van der Waals surface area contributed by atoms with E-state index in [2.05, 4.69) is 19.2 Å². The van der Waals surface area contributed by atoms with Gasteiger partial charge in [-0.3, -0.25) is 4.79 Å². The third-order valence-electron chi connectivity index (χ3n) is 4.37. The molecule has 0 aromatic heterocycles. The van der Waals surface area contributed by atoms with Gasteiger partial charge in [-0.1, -0.05) is 50.2 Å². The van der Waals surface area contributed by atoms with Crippen LogP contribution in [0.25, 0.3) is 0 Å². The van der Waals surface area contributed by atoms with Gasteiger partial charge in [-0.2, -0.15) is 8.78 Å². The number of amides is 1. The molecule has 0 radical (unpaired) electrons. The summed E-state index contributed by atoms with van der Waals surface area (Å²) in [6.07, 6.45) is 0. The van der Waals surface area contributed by atoms with Crippen molar-refractivity contribution in [2.45, 2.75) is 37.3 Å². The summed E-state index contributed by atoms with van der Waals surface area (Å²) < 4.78 is 47.3. The Hall–Kier alpha value is -2.32. The van der Waals surface area contributed by atoms with Crippen LogP contribution >= 0.6 is 0 Å². The molecule has 2 rings (SSSR count). The smallest absolute Gasteiger partial charge is 0.337 e. The number of alkyl halides is 2. The van der Waals surface area contributed by atoms with Crippen molar-refractivity contribution < 1.29 is 22.0 Å². The molecule has 152 valence electrons. The van der Waals surface area contributed by atoms with Gasteiger partial charge in [0.05, 0.1) is 5.75 Å². The van der Waals surface area contributed by atoms with Gasteiger partial charge < -0.3 is 11.1 Å². The van der Waals surface area contributed by atoms with Gasteiger partial charge in [0.15, 0.2) is 0 Å². The topological polar surface area (TPSA) is 89.3 Å². The van der Waals surface area contributed by atoms with E-state index >= 15 is 0 Å². The first kappa shape index (κ1) is 22.0. The van der Waals surface area contributed by atoms with E-state index in [0.29, 0.717) is 11.5 Å². The zero-order chi connectivity index (χ0) is 20.9. The zero-order valence-corrected chi connectivity index (χ0v) is 16.5. The highest BCUT2D eigenvalue weighted by Gasteiger charge is 2.24. The molecule has 2 aromatic carbocycles. The largest absolute Gasteiger partial charge is 0.350 e. The Morgan fingerprint density at radius 2 is 1.54 bits per heavy atom. The van der Waals surface area contributed by atoms with Gasteiger partial charge in [0.1, 0.15) is 0 Å². The van der Waals surface area contributed by atoms with Crippen molar-refractivity contribution in [2.75, 3.05) is 6.54 Å². The Kier molecular flexibility index (Phi) is 7.26. The molecule has 0 aliphatic heterocycles. The molecule has 5 nitrogen and oxygen atoms in total. The Labute approximate surface area is 163 Å². The van der Waals surface area contributed by atoms with E-state index < -0.39 is 21.3 Å². The third-order valence-corrected chi connectivity index (χ3v) is 5.65. The molecule has 1 amide bonds. The summed E-state index contributed by atoms with van der Waals surface area (Å²) >= 11 is 0. The highest BCUT2D eigenvalue weighted by molar-refractivity contribution is 7.90. The van der Waals surface area contributed by atoms with Gasteiger partial charge in [0.25, 0.3) is 5.91 Å². The Morgan fingerprint density at radius 3 is 2.04 bits per heavy atom. The maximum absolute atomic E-state index is 12.4. The lowest BCUT2D eigenvalue weighted by Crippen LogP contribution is -2.31. The maximum Gasteiger partial charge on any atom is 0.337 e. The molecule has 28 heavy (non-hydrogen) atoms. The highest BCUT2D eigenvalue weighted by Crippen LogP contribution is 2.18. The van der Waals surface area contributed by atoms with Crippen molar-refractivity contribution in [1.82, 2.24) is 5.32 Å². The minimum absolute atomic E-state index is 0.193. The molecule has 0 spiro atoms. The van der Waals surface area contributed by atoms with E-state index in [9.17, 15) is 22.0 Å². The first-order valence-electron chi connectivity index (χ1n) is 8.82. The van der Waals surface area contributed by atoms with Gasteiger partial charge >= 0.3 is 5.76 Å². The Bertz CT molecular complexity index is 896. The van der Waals surface area contributed by atoms with E-state index in [1.807, 2.05) is 24.3 Å². The lowest BCUT2D eigenvalue weighted by Gasteiger charge is -2.15. The number of nitrogens with one attached hydrogen (secondary N) is 1. The second-order valence-electron chi connectivity index (χ2n) is 6.90. The fourth-order valence-electron chi connectivity index (χ4n) is 2.60. The summed E-state index contributed by atoms with van der Waals surface area (Å²) in [6, 6.07) is 13.0. The number of nitrogens with two attached hydrogens (primary N) is 1. The molecule has 0 aliphatic carbocycles. The Balaban J connectivity index is 1.93. The van der Waals surface area contributed by atoms with E-state index in [-0.39, 0.29) is 24.1 Å². The van der Waals surface area contributed by atoms with E-state index in [0.717, 1.165) is 5.56 Å². The van der Waals surface area contributed by atoms with Crippen LogP contribution in [0.15, 0.2) is 48.5 Å². The molecule has 0 aliphatic rings. The van der Waals surface area contributed by atoms with Crippen LogP contribution in [0.4, 0.5) is 8.78 Å². The average Bonchev–Trinajstić information content (AvgIpc) is 2.66. The molecule has 0 saturated heterocycles. The molecular weight excluding hydrogens is 386 g/mol. The van der Waals surface area contributed by atoms with E-state index in [4.69, 9.17) is 5.73 Å². The minimum Gasteiger partial charge on any atom is -0.350 e. The highest BCUT2D eigenvalue weighted by atomic mass is 32.2. The summed E-state index contributed by atoms with van der Waals surface area (Å²) in [5.41, 5.74) is 8.71. The van der Waals surface area contributed by atoms with Crippen molar-refractivity contribution in [3.8, 4) is 0 Å². The average molecular weight is 410 g/mol. The van der Waals surface area contributed by atoms with Crippen LogP contribution in [0, 0.1) is 0 Å². The first-order chi connectivity index (χ1) is 13.1. The number of halogens is 2. The standard InChI is InChI=1S/C20H24F2N2O3S/c1-13(2)15-7-9-16(10-8-15)18(23)11-24-19(25)17-5-3-14(4-6-17)12-28(26,27)20(21)22/h3-10,13,18,20H,11-12,23H2,1-2H3,(H,24,25)/t18-/m0/s1. The number of benzene rings is 2. The second-order valence-corrected chi connectivity index (χ2v) is 8.87. The van der Waals surface area contributed by atoms with Crippen LogP contribution in [-0.2, 0) is 15.6 Å². The number of hydrogen-bond donors (Lipinski definition) is 2. The summed E-state index contributed by atoms with van der Waals surface area (Å²) in [6.45, 7) is 4.42. The monoisotopic (exact) mass is 410 g/mol. The SMILES string of the molecule is CC(C)c1ccc([C@@H](N)CNC(=O)c2ccc(CS(=O)(=O)C(F)F)cc2)cc1. The van der Waals surface area contributed by atoms with Crippen molar-refractivity contribution >= 4 is 15.7 Å². The zero-order valence-electron chi connectivity index (χ0n) is 15.7. The predicted molar refractivity (Wildman–Crippen MR) is 105 cm³/mol. The Morgan fingerprint density at radius 1 is 1.00 bits per heavy atom. The molecular formula is C20H24F2N2O3S. The van der Waals surface area contributed by atoms with Gasteiger partial charge in [-0.05, 0) is 34.7 Å². The number of hydrogen-bond acceptors (Lipinski definition) is 4. The van der Waals surface area contributed by atoms with Gasteiger partial charge in [-0.25, -0.2) is 8.42 Å². The molecule has 0 saturated carbocycles. The van der Waals surface area contributed by atoms with E-state index in [1.165, 1.54) is 29.8 Å². The number of rotatable bonds is 8. The fraction of sp³-hybridized carbons (Fsp3) is 0.350. The van der Waals surface area contributed by atoms with E-state index in [1.54, 1.807) is 0 Å². The molecule has 3 N–H and O–H groups in total. The molecule has 0 bridgehead atoms. The van der Waals surface area contributed by atoms with Crippen LogP contribution < -0.4 is 11.1 Å². The predicted octanol–water partition coefficient (Wildman–Crippen LogP) is 3.38. The van der Waals surface area contributed by atoms with Crippen LogP contribution in [0.1, 0.15) is 52.9 Å². The minimum atomic E-state index is -4.50. The summed E-state index contributed by atoms with van der Waals surface area (Å²) in [4.78, 5) is 12.2. The quantitative estimate of drug-likeness (QED) is 0.698. The summed E-state index contributed by atoms with van der Waals surface area (Å²) in [7, 11) is -4.50. The maximum atomic E-state index is 12.4. The molecule has 0 unspecified atom stereocenters. The normalized spacial score (nSPS) is 13.0. The van der Waals surface area contributed by atoms with Crippen molar-refractivity contribution in [3.63, 3.8) is 0 Å². The van der Waals surface area contributed by atoms with Crippen molar-refractivity contribution in [2.24, 2.45) is 5.73 Å².